The maximum absolute atomic E-state index is 11.6. The van der Waals surface area contributed by atoms with Crippen molar-refractivity contribution in [3.63, 3.8) is 0 Å². The van der Waals surface area contributed by atoms with Crippen LogP contribution in [0.15, 0.2) is 17.2 Å². The fourth-order valence-electron chi connectivity index (χ4n) is 2.18. The molecule has 0 radical (unpaired) electrons. The third-order valence-corrected chi connectivity index (χ3v) is 4.44. The van der Waals surface area contributed by atoms with Crippen LogP contribution in [0.1, 0.15) is 12.8 Å². The molecule has 0 N–H and O–H groups in total. The molecule has 1 aliphatic rings. The third-order valence-electron chi connectivity index (χ3n) is 3.28. The van der Waals surface area contributed by atoms with E-state index in [1.54, 1.807) is 19.2 Å². The summed E-state index contributed by atoms with van der Waals surface area (Å²) in [7, 11) is -1.64. The van der Waals surface area contributed by atoms with Gasteiger partial charge in [0.15, 0.2) is 14.9 Å². The monoisotopic (exact) mass is 304 g/mol. The van der Waals surface area contributed by atoms with Crippen LogP contribution in [-0.4, -0.2) is 46.0 Å². The van der Waals surface area contributed by atoms with E-state index >= 15 is 0 Å². The first-order chi connectivity index (χ1) is 8.90. The number of anilines is 1. The Hall–Kier alpha value is -0.850. The molecule has 1 aromatic rings. The second-order valence-electron chi connectivity index (χ2n) is 4.68. The second kappa shape index (κ2) is 5.64. The lowest BCUT2D eigenvalue weighted by Crippen LogP contribution is -2.36. The average molecular weight is 305 g/mol. The Bertz CT molecular complexity index is 554. The summed E-state index contributed by atoms with van der Waals surface area (Å²) in [5.74, 6) is 0. The average Bonchev–Trinajstić information content (AvgIpc) is 2.37. The van der Waals surface area contributed by atoms with Crippen LogP contribution in [0, 0.1) is 0 Å². The summed E-state index contributed by atoms with van der Waals surface area (Å²) in [6, 6.07) is 3.28. The highest BCUT2D eigenvalue weighted by molar-refractivity contribution is 7.90. The molecule has 0 atom stereocenters. The number of halogens is 1. The number of nitrogens with zero attached hydrogens (tertiary/aromatic N) is 2. The Labute approximate surface area is 118 Å². The van der Waals surface area contributed by atoms with Crippen molar-refractivity contribution in [2.75, 3.05) is 31.4 Å². The zero-order valence-electron chi connectivity index (χ0n) is 11.0. The third kappa shape index (κ3) is 3.58. The van der Waals surface area contributed by atoms with Crippen LogP contribution in [0.2, 0.25) is 5.15 Å². The first kappa shape index (κ1) is 14.6. The van der Waals surface area contributed by atoms with Crippen LogP contribution < -0.4 is 4.90 Å². The lowest BCUT2D eigenvalue weighted by atomic mass is 10.1. The summed E-state index contributed by atoms with van der Waals surface area (Å²) >= 11 is 5.90. The van der Waals surface area contributed by atoms with Crippen molar-refractivity contribution in [3.05, 3.63) is 17.3 Å². The van der Waals surface area contributed by atoms with Crippen LogP contribution in [0.25, 0.3) is 0 Å². The van der Waals surface area contributed by atoms with E-state index in [2.05, 4.69) is 9.88 Å². The molecule has 1 fully saturated rings. The van der Waals surface area contributed by atoms with Gasteiger partial charge in [-0.15, -0.1) is 0 Å². The van der Waals surface area contributed by atoms with Gasteiger partial charge in [-0.3, -0.25) is 0 Å². The van der Waals surface area contributed by atoms with Gasteiger partial charge in [-0.05, 0) is 25.0 Å². The van der Waals surface area contributed by atoms with Gasteiger partial charge in [-0.2, -0.15) is 0 Å². The van der Waals surface area contributed by atoms with Crippen molar-refractivity contribution in [1.82, 2.24) is 4.98 Å². The summed E-state index contributed by atoms with van der Waals surface area (Å²) in [6.45, 7) is 1.64. The molecule has 5 nitrogen and oxygen atoms in total. The van der Waals surface area contributed by atoms with Crippen molar-refractivity contribution in [3.8, 4) is 0 Å². The molecule has 19 heavy (non-hydrogen) atoms. The summed E-state index contributed by atoms with van der Waals surface area (Å²) < 4.78 is 28.4. The molecule has 7 heteroatoms. The van der Waals surface area contributed by atoms with Crippen molar-refractivity contribution in [2.45, 2.75) is 24.0 Å². The molecule has 1 aliphatic heterocycles. The molecule has 0 aliphatic carbocycles. The standard InChI is InChI=1S/C12H17ClN2O3S/c1-18-10-3-5-15(6-4-10)9-7-11(13)14-12(8-9)19(2,16)17/h7-8,10H,3-6H2,1-2H3. The van der Waals surface area contributed by atoms with Gasteiger partial charge in [-0.25, -0.2) is 13.4 Å². The minimum absolute atomic E-state index is 0.0175. The van der Waals surface area contributed by atoms with Gasteiger partial charge in [0.05, 0.1) is 6.10 Å². The number of aromatic nitrogens is 1. The van der Waals surface area contributed by atoms with Crippen molar-refractivity contribution < 1.29 is 13.2 Å². The Balaban J connectivity index is 2.24. The van der Waals surface area contributed by atoms with E-state index in [0.29, 0.717) is 0 Å². The molecule has 0 unspecified atom stereocenters. The number of methoxy groups -OCH3 is 1. The zero-order chi connectivity index (χ0) is 14.0. The molecule has 2 rings (SSSR count). The zero-order valence-corrected chi connectivity index (χ0v) is 12.5. The van der Waals surface area contributed by atoms with Gasteiger partial charge in [0.1, 0.15) is 5.15 Å². The van der Waals surface area contributed by atoms with E-state index in [0.717, 1.165) is 37.9 Å². The molecule has 1 saturated heterocycles. The van der Waals surface area contributed by atoms with E-state index in [4.69, 9.17) is 16.3 Å². The van der Waals surface area contributed by atoms with E-state index in [9.17, 15) is 8.42 Å². The first-order valence-corrected chi connectivity index (χ1v) is 8.32. The smallest absolute Gasteiger partial charge is 0.192 e. The van der Waals surface area contributed by atoms with Gasteiger partial charge < -0.3 is 9.64 Å². The van der Waals surface area contributed by atoms with Gasteiger partial charge in [0.2, 0.25) is 0 Å². The lowest BCUT2D eigenvalue weighted by Gasteiger charge is -2.33. The van der Waals surface area contributed by atoms with Gasteiger partial charge >= 0.3 is 0 Å². The summed E-state index contributed by atoms with van der Waals surface area (Å²) in [4.78, 5) is 5.97. The maximum atomic E-state index is 11.6. The van der Waals surface area contributed by atoms with Crippen LogP contribution in [-0.2, 0) is 14.6 Å². The molecule has 0 spiro atoms. The molecule has 0 saturated carbocycles. The lowest BCUT2D eigenvalue weighted by molar-refractivity contribution is 0.0819. The minimum atomic E-state index is -3.35. The number of sulfone groups is 1. The number of rotatable bonds is 3. The van der Waals surface area contributed by atoms with E-state index in [1.807, 2.05) is 0 Å². The number of pyridine rings is 1. The van der Waals surface area contributed by atoms with Crippen molar-refractivity contribution in [2.24, 2.45) is 0 Å². The highest BCUT2D eigenvalue weighted by atomic mass is 35.5. The topological polar surface area (TPSA) is 59.5 Å². The number of piperidine rings is 1. The van der Waals surface area contributed by atoms with Crippen LogP contribution in [0.5, 0.6) is 0 Å². The normalized spacial score (nSPS) is 17.7. The predicted octanol–water partition coefficient (Wildman–Crippen LogP) is 1.75. The fraction of sp³-hybridized carbons (Fsp3) is 0.583. The Morgan fingerprint density at radius 1 is 1.37 bits per heavy atom. The summed E-state index contributed by atoms with van der Waals surface area (Å²) in [5.41, 5.74) is 0.801. The molecule has 0 amide bonds. The number of hydrogen-bond acceptors (Lipinski definition) is 5. The van der Waals surface area contributed by atoms with Gasteiger partial charge in [0.25, 0.3) is 0 Å². The summed E-state index contributed by atoms with van der Waals surface area (Å²) in [6.07, 6.45) is 3.25. The van der Waals surface area contributed by atoms with E-state index in [1.165, 1.54) is 0 Å². The van der Waals surface area contributed by atoms with Gasteiger partial charge in [0, 0.05) is 32.1 Å². The molecule has 0 bridgehead atoms. The molecule has 1 aromatic heterocycles. The van der Waals surface area contributed by atoms with Crippen LogP contribution in [0.3, 0.4) is 0 Å². The highest BCUT2D eigenvalue weighted by Gasteiger charge is 2.21. The van der Waals surface area contributed by atoms with E-state index < -0.39 is 9.84 Å². The van der Waals surface area contributed by atoms with Crippen molar-refractivity contribution in [1.29, 1.82) is 0 Å². The minimum Gasteiger partial charge on any atom is -0.381 e. The van der Waals surface area contributed by atoms with Crippen LogP contribution >= 0.6 is 11.6 Å². The Morgan fingerprint density at radius 3 is 2.53 bits per heavy atom. The Morgan fingerprint density at radius 2 is 2.00 bits per heavy atom. The van der Waals surface area contributed by atoms with Gasteiger partial charge in [-0.1, -0.05) is 11.6 Å². The van der Waals surface area contributed by atoms with Crippen LogP contribution in [0.4, 0.5) is 5.69 Å². The molecular formula is C12H17ClN2O3S. The summed E-state index contributed by atoms with van der Waals surface area (Å²) in [5, 5.41) is 0.218. The molecular weight excluding hydrogens is 288 g/mol. The molecule has 106 valence electrons. The SMILES string of the molecule is COC1CCN(c2cc(Cl)nc(S(C)(=O)=O)c2)CC1. The quantitative estimate of drug-likeness (QED) is 0.796. The number of hydrogen-bond donors (Lipinski definition) is 0. The maximum Gasteiger partial charge on any atom is 0.192 e. The number of ether oxygens (including phenoxy) is 1. The second-order valence-corrected chi connectivity index (χ2v) is 7.03. The molecule has 2 heterocycles. The molecule has 0 aromatic carbocycles. The highest BCUT2D eigenvalue weighted by Crippen LogP contribution is 2.25. The van der Waals surface area contributed by atoms with Crippen molar-refractivity contribution >= 4 is 27.1 Å². The fourth-order valence-corrected chi connectivity index (χ4v) is 3.03. The van der Waals surface area contributed by atoms with E-state index in [-0.39, 0.29) is 16.3 Å². The predicted molar refractivity (Wildman–Crippen MR) is 74.6 cm³/mol. The largest absolute Gasteiger partial charge is 0.381 e. The Kier molecular flexibility index (Phi) is 4.32. The first-order valence-electron chi connectivity index (χ1n) is 6.05.